The van der Waals surface area contributed by atoms with E-state index in [2.05, 4.69) is 11.9 Å². The highest BCUT2D eigenvalue weighted by atomic mass is 16.5. The van der Waals surface area contributed by atoms with E-state index in [9.17, 15) is 19.2 Å². The Kier molecular flexibility index (Phi) is 9.05. The van der Waals surface area contributed by atoms with Gasteiger partial charge in [-0.15, -0.1) is 6.58 Å². The lowest BCUT2D eigenvalue weighted by Gasteiger charge is -2.38. The summed E-state index contributed by atoms with van der Waals surface area (Å²) in [5, 5.41) is 4.39. The number of hydrogen-bond donors (Lipinski definition) is 2. The summed E-state index contributed by atoms with van der Waals surface area (Å²) in [6.07, 6.45) is 4.56. The van der Waals surface area contributed by atoms with Crippen LogP contribution in [0.1, 0.15) is 43.5 Å². The minimum Gasteiger partial charge on any atom is -0.484 e. The summed E-state index contributed by atoms with van der Waals surface area (Å²) in [5.74, 6) is -1.10. The lowest BCUT2D eigenvalue weighted by atomic mass is 9.97. The number of rotatable bonds is 8. The molecule has 4 amide bonds. The predicted molar refractivity (Wildman–Crippen MR) is 114 cm³/mol. The quantitative estimate of drug-likeness (QED) is 0.481. The molecular formula is C22H29N3O6. The Morgan fingerprint density at radius 3 is 2.35 bits per heavy atom. The van der Waals surface area contributed by atoms with Crippen LogP contribution in [0.5, 0.6) is 5.75 Å². The number of carbonyl (C=O) groups is 4. The van der Waals surface area contributed by atoms with Gasteiger partial charge >= 0.3 is 12.0 Å². The Morgan fingerprint density at radius 1 is 1.10 bits per heavy atom. The van der Waals surface area contributed by atoms with Gasteiger partial charge in [0.15, 0.2) is 13.2 Å². The van der Waals surface area contributed by atoms with Crippen LogP contribution in [0, 0.1) is 0 Å². The molecule has 0 spiro atoms. The molecule has 9 heteroatoms. The molecule has 2 N–H and O–H groups in total. The summed E-state index contributed by atoms with van der Waals surface area (Å²) in [6, 6.07) is 5.74. The molecule has 0 radical (unpaired) electrons. The van der Waals surface area contributed by atoms with Crippen molar-refractivity contribution in [2.75, 3.05) is 19.8 Å². The third kappa shape index (κ3) is 7.44. The van der Waals surface area contributed by atoms with Gasteiger partial charge in [0.25, 0.3) is 11.8 Å². The van der Waals surface area contributed by atoms with Crippen molar-refractivity contribution in [2.45, 2.75) is 45.2 Å². The van der Waals surface area contributed by atoms with Gasteiger partial charge in [-0.2, -0.15) is 0 Å². The maximum atomic E-state index is 12.5. The zero-order valence-corrected chi connectivity index (χ0v) is 17.9. The second-order valence-electron chi connectivity index (χ2n) is 7.37. The number of urea groups is 1. The van der Waals surface area contributed by atoms with Gasteiger partial charge in [0, 0.05) is 18.6 Å². The fourth-order valence-electron chi connectivity index (χ4n) is 3.41. The molecule has 168 valence electrons. The zero-order chi connectivity index (χ0) is 22.8. The monoisotopic (exact) mass is 431 g/mol. The summed E-state index contributed by atoms with van der Waals surface area (Å²) < 4.78 is 10.5. The second kappa shape index (κ2) is 11.7. The molecule has 2 unspecified atom stereocenters. The number of likely N-dealkylation sites (tertiary alicyclic amines) is 1. The van der Waals surface area contributed by atoms with Crippen LogP contribution in [-0.4, -0.2) is 60.6 Å². The van der Waals surface area contributed by atoms with E-state index < -0.39 is 24.5 Å². The molecule has 9 nitrogen and oxygen atoms in total. The molecule has 1 aromatic rings. The summed E-state index contributed by atoms with van der Waals surface area (Å²) >= 11 is 0. The van der Waals surface area contributed by atoms with Crippen molar-refractivity contribution in [3.8, 4) is 5.75 Å². The Morgan fingerprint density at radius 2 is 1.74 bits per heavy atom. The zero-order valence-electron chi connectivity index (χ0n) is 17.9. The molecule has 0 bridgehead atoms. The van der Waals surface area contributed by atoms with Crippen LogP contribution in [0.2, 0.25) is 0 Å². The lowest BCUT2D eigenvalue weighted by molar-refractivity contribution is -0.139. The Bertz CT molecular complexity index is 798. The average Bonchev–Trinajstić information content (AvgIpc) is 2.74. The molecular weight excluding hydrogens is 402 g/mol. The average molecular weight is 431 g/mol. The molecule has 1 aromatic carbocycles. The minimum atomic E-state index is -0.755. The van der Waals surface area contributed by atoms with E-state index in [4.69, 9.17) is 9.47 Å². The largest absolute Gasteiger partial charge is 0.484 e. The first-order valence-electron chi connectivity index (χ1n) is 10.2. The highest BCUT2D eigenvalue weighted by Crippen LogP contribution is 2.23. The van der Waals surface area contributed by atoms with Gasteiger partial charge in [0.05, 0.1) is 5.56 Å². The van der Waals surface area contributed by atoms with Gasteiger partial charge in [0.2, 0.25) is 0 Å². The molecule has 1 saturated heterocycles. The summed E-state index contributed by atoms with van der Waals surface area (Å²) in [4.78, 5) is 49.4. The molecule has 1 fully saturated rings. The van der Waals surface area contributed by atoms with Gasteiger partial charge in [-0.25, -0.2) is 9.59 Å². The normalized spacial score (nSPS) is 17.9. The summed E-state index contributed by atoms with van der Waals surface area (Å²) in [7, 11) is 0. The third-order valence-corrected chi connectivity index (χ3v) is 4.93. The highest BCUT2D eigenvalue weighted by molar-refractivity contribution is 5.97. The molecule has 2 rings (SSSR count). The number of amides is 4. The van der Waals surface area contributed by atoms with Crippen LogP contribution in [0.15, 0.2) is 36.9 Å². The fourth-order valence-corrected chi connectivity index (χ4v) is 3.41. The number of hydrogen-bond acceptors (Lipinski definition) is 6. The predicted octanol–water partition coefficient (Wildman–Crippen LogP) is 2.02. The molecule has 31 heavy (non-hydrogen) atoms. The third-order valence-electron chi connectivity index (χ3n) is 4.93. The first-order chi connectivity index (χ1) is 14.8. The smallest absolute Gasteiger partial charge is 0.338 e. The van der Waals surface area contributed by atoms with Crippen molar-refractivity contribution in [2.24, 2.45) is 0 Å². The van der Waals surface area contributed by atoms with Crippen LogP contribution in [0.4, 0.5) is 4.79 Å². The van der Waals surface area contributed by atoms with Gasteiger partial charge in [-0.05, 0) is 57.4 Å². The van der Waals surface area contributed by atoms with E-state index in [0.29, 0.717) is 5.75 Å². The van der Waals surface area contributed by atoms with Crippen molar-refractivity contribution in [1.82, 2.24) is 15.5 Å². The van der Waals surface area contributed by atoms with Crippen molar-refractivity contribution < 1.29 is 28.7 Å². The molecule has 2 atom stereocenters. The topological polar surface area (TPSA) is 114 Å². The minimum absolute atomic E-state index is 0.0636. The Hall–Kier alpha value is -3.36. The van der Waals surface area contributed by atoms with Crippen molar-refractivity contribution in [1.29, 1.82) is 0 Å². The molecule has 1 aliphatic heterocycles. The van der Waals surface area contributed by atoms with E-state index in [0.717, 1.165) is 19.3 Å². The summed E-state index contributed by atoms with van der Waals surface area (Å²) in [6.45, 7) is 7.05. The lowest BCUT2D eigenvalue weighted by Crippen LogP contribution is -2.49. The number of ether oxygens (including phenoxy) is 2. The van der Waals surface area contributed by atoms with Crippen LogP contribution in [-0.2, 0) is 14.3 Å². The van der Waals surface area contributed by atoms with Crippen LogP contribution < -0.4 is 15.4 Å². The molecule has 0 saturated carbocycles. The Balaban J connectivity index is 1.78. The van der Waals surface area contributed by atoms with E-state index in [1.807, 2.05) is 24.1 Å². The van der Waals surface area contributed by atoms with E-state index >= 15 is 0 Å². The number of nitrogens with one attached hydrogen (secondary N) is 2. The van der Waals surface area contributed by atoms with Crippen molar-refractivity contribution in [3.63, 3.8) is 0 Å². The standard InChI is InChI=1S/C22H29N3O6/c1-4-12-23-22(29)24-19(26)13-31-21(28)17-8-10-18(11-9-17)30-14-20(27)25-15(2)6-5-7-16(25)3/h4,8-11,15-16H,1,5-7,12-14H2,2-3H3,(H2,23,24,26,29). The van der Waals surface area contributed by atoms with Gasteiger partial charge in [-0.1, -0.05) is 6.08 Å². The number of benzene rings is 1. The van der Waals surface area contributed by atoms with Gasteiger partial charge in [0.1, 0.15) is 5.75 Å². The first-order valence-corrected chi connectivity index (χ1v) is 10.2. The van der Waals surface area contributed by atoms with Gasteiger partial charge < -0.3 is 19.7 Å². The molecule has 0 aromatic heterocycles. The van der Waals surface area contributed by atoms with Crippen LogP contribution in [0.25, 0.3) is 0 Å². The second-order valence-corrected chi connectivity index (χ2v) is 7.37. The molecule has 0 aliphatic carbocycles. The maximum Gasteiger partial charge on any atom is 0.338 e. The number of carbonyl (C=O) groups excluding carboxylic acids is 4. The molecule has 1 heterocycles. The van der Waals surface area contributed by atoms with E-state index in [1.165, 1.54) is 18.2 Å². The SMILES string of the molecule is C=CCNC(=O)NC(=O)COC(=O)c1ccc(OCC(=O)N2C(C)CCCC2C)cc1. The number of piperidine rings is 1. The number of nitrogens with zero attached hydrogens (tertiary/aromatic N) is 1. The fraction of sp³-hybridized carbons (Fsp3) is 0.455. The first kappa shape index (κ1) is 23.9. The van der Waals surface area contributed by atoms with Crippen molar-refractivity contribution >= 4 is 23.8 Å². The maximum absolute atomic E-state index is 12.5. The number of esters is 1. The van der Waals surface area contributed by atoms with Gasteiger partial charge in [-0.3, -0.25) is 14.9 Å². The molecule has 1 aliphatic rings. The summed E-state index contributed by atoms with van der Waals surface area (Å²) in [5.41, 5.74) is 0.209. The Labute approximate surface area is 181 Å². The van der Waals surface area contributed by atoms with Crippen LogP contribution >= 0.6 is 0 Å². The van der Waals surface area contributed by atoms with E-state index in [1.54, 1.807) is 12.1 Å². The van der Waals surface area contributed by atoms with Crippen LogP contribution in [0.3, 0.4) is 0 Å². The van der Waals surface area contributed by atoms with Crippen molar-refractivity contribution in [3.05, 3.63) is 42.5 Å². The van der Waals surface area contributed by atoms with E-state index in [-0.39, 0.29) is 36.7 Å². The number of imide groups is 1. The highest BCUT2D eigenvalue weighted by Gasteiger charge is 2.29.